The summed E-state index contributed by atoms with van der Waals surface area (Å²) in [5, 5.41) is 3.50. The van der Waals surface area contributed by atoms with E-state index in [1.54, 1.807) is 6.20 Å². The number of nitrogens with one attached hydrogen (secondary N) is 1. The van der Waals surface area contributed by atoms with Gasteiger partial charge in [0.25, 0.3) is 5.19 Å². The van der Waals surface area contributed by atoms with Crippen molar-refractivity contribution >= 4 is 27.5 Å². The van der Waals surface area contributed by atoms with Crippen LogP contribution in [0.15, 0.2) is 12.3 Å². The Kier molecular flexibility index (Phi) is 7.01. The highest BCUT2D eigenvalue weighted by atomic mass is 32.1. The minimum Gasteiger partial charge on any atom is -0.474 e. The Hall–Kier alpha value is -1.97. The quantitative estimate of drug-likeness (QED) is 0.681. The van der Waals surface area contributed by atoms with Crippen molar-refractivity contribution in [2.45, 2.75) is 70.3 Å². The maximum atomic E-state index is 11.1. The summed E-state index contributed by atoms with van der Waals surface area (Å²) in [5.41, 5.74) is 0.826. The normalized spacial score (nSPS) is 25.2. The molecule has 1 amide bonds. The van der Waals surface area contributed by atoms with Gasteiger partial charge in [-0.05, 0) is 32.6 Å². The molecule has 0 aromatic carbocycles. The van der Waals surface area contributed by atoms with Crippen LogP contribution >= 0.6 is 11.3 Å². The fourth-order valence-corrected chi connectivity index (χ4v) is 4.69. The maximum Gasteiger partial charge on any atom is 0.274 e. The zero-order valence-corrected chi connectivity index (χ0v) is 18.3. The number of amides is 1. The van der Waals surface area contributed by atoms with E-state index >= 15 is 0 Å². The van der Waals surface area contributed by atoms with E-state index in [-0.39, 0.29) is 30.3 Å². The number of rotatable bonds is 8. The summed E-state index contributed by atoms with van der Waals surface area (Å²) in [6, 6.07) is 1.98. The molecule has 2 aromatic heterocycles. The van der Waals surface area contributed by atoms with Gasteiger partial charge in [0, 0.05) is 25.5 Å². The zero-order chi connectivity index (χ0) is 20.9. The summed E-state index contributed by atoms with van der Waals surface area (Å²) in [5.74, 6) is 0.602. The first-order chi connectivity index (χ1) is 14.5. The van der Waals surface area contributed by atoms with Crippen LogP contribution in [0, 0.1) is 0 Å². The second-order valence-corrected chi connectivity index (χ2v) is 9.02. The fourth-order valence-electron chi connectivity index (χ4n) is 3.81. The average molecular weight is 436 g/mol. The SMILES string of the molecule is CC(=O)N[C@@H](C)CO[C@H]1CC[C@H](Oc2cc3sc(O[C@H]4CCOC4)nc3cn2)CC1. The van der Waals surface area contributed by atoms with Crippen LogP contribution in [0.4, 0.5) is 0 Å². The van der Waals surface area contributed by atoms with E-state index in [1.807, 2.05) is 13.0 Å². The van der Waals surface area contributed by atoms with Gasteiger partial charge in [-0.25, -0.2) is 9.97 Å². The molecule has 2 aliphatic rings. The van der Waals surface area contributed by atoms with E-state index in [9.17, 15) is 4.79 Å². The Labute approximate surface area is 180 Å². The summed E-state index contributed by atoms with van der Waals surface area (Å²) in [4.78, 5) is 20.0. The van der Waals surface area contributed by atoms with Crippen LogP contribution in [0.1, 0.15) is 46.0 Å². The van der Waals surface area contributed by atoms with Crippen LogP contribution in [0.25, 0.3) is 10.2 Å². The average Bonchev–Trinajstić information content (AvgIpc) is 3.36. The first-order valence-electron chi connectivity index (χ1n) is 10.6. The predicted octanol–water partition coefficient (Wildman–Crippen LogP) is 3.09. The molecule has 2 atom stereocenters. The molecule has 164 valence electrons. The second-order valence-electron chi connectivity index (χ2n) is 8.02. The van der Waals surface area contributed by atoms with Crippen molar-refractivity contribution in [3.8, 4) is 11.1 Å². The van der Waals surface area contributed by atoms with Gasteiger partial charge in [0.2, 0.25) is 11.8 Å². The molecule has 4 rings (SSSR count). The monoisotopic (exact) mass is 435 g/mol. The summed E-state index contributed by atoms with van der Waals surface area (Å²) in [6.07, 6.45) is 6.85. The molecule has 0 radical (unpaired) electrons. The number of hydrogen-bond acceptors (Lipinski definition) is 8. The van der Waals surface area contributed by atoms with E-state index < -0.39 is 0 Å². The van der Waals surface area contributed by atoms with Crippen molar-refractivity contribution in [1.29, 1.82) is 0 Å². The minimum absolute atomic E-state index is 0.0279. The molecule has 3 heterocycles. The lowest BCUT2D eigenvalue weighted by Crippen LogP contribution is -2.36. The fraction of sp³-hybridized carbons (Fsp3) is 0.667. The topological polar surface area (TPSA) is 91.8 Å². The maximum absolute atomic E-state index is 11.1. The molecule has 2 aromatic rings. The van der Waals surface area contributed by atoms with E-state index in [2.05, 4.69) is 15.3 Å². The highest BCUT2D eigenvalue weighted by molar-refractivity contribution is 7.20. The van der Waals surface area contributed by atoms with Crippen molar-refractivity contribution in [2.75, 3.05) is 19.8 Å². The van der Waals surface area contributed by atoms with Gasteiger partial charge < -0.3 is 24.3 Å². The summed E-state index contributed by atoms with van der Waals surface area (Å²) < 4.78 is 24.3. The second kappa shape index (κ2) is 9.89. The molecule has 1 N–H and O–H groups in total. The molecular weight excluding hydrogens is 406 g/mol. The summed E-state index contributed by atoms with van der Waals surface area (Å²) in [7, 11) is 0. The lowest BCUT2D eigenvalue weighted by atomic mass is 9.95. The molecule has 0 spiro atoms. The van der Waals surface area contributed by atoms with Gasteiger partial charge in [-0.2, -0.15) is 0 Å². The van der Waals surface area contributed by atoms with E-state index in [1.165, 1.54) is 18.3 Å². The molecule has 9 heteroatoms. The molecule has 1 aliphatic carbocycles. The van der Waals surface area contributed by atoms with Crippen molar-refractivity contribution in [1.82, 2.24) is 15.3 Å². The first kappa shape index (κ1) is 21.3. The van der Waals surface area contributed by atoms with E-state index in [0.29, 0.717) is 24.3 Å². The van der Waals surface area contributed by atoms with E-state index in [4.69, 9.17) is 18.9 Å². The number of thiazole rings is 1. The number of fused-ring (bicyclic) bond motifs is 1. The lowest BCUT2D eigenvalue weighted by Gasteiger charge is -2.29. The predicted molar refractivity (Wildman–Crippen MR) is 113 cm³/mol. The van der Waals surface area contributed by atoms with Gasteiger partial charge in [0.1, 0.15) is 17.7 Å². The summed E-state index contributed by atoms with van der Waals surface area (Å²) in [6.45, 7) is 5.39. The van der Waals surface area contributed by atoms with Gasteiger partial charge >= 0.3 is 0 Å². The van der Waals surface area contributed by atoms with Gasteiger partial charge in [-0.1, -0.05) is 11.3 Å². The van der Waals surface area contributed by atoms with Gasteiger partial charge in [-0.15, -0.1) is 0 Å². The smallest absolute Gasteiger partial charge is 0.274 e. The minimum atomic E-state index is -0.0279. The van der Waals surface area contributed by atoms with Gasteiger partial charge in [0.15, 0.2) is 0 Å². The number of carbonyl (C=O) groups excluding carboxylic acids is 1. The van der Waals surface area contributed by atoms with Crippen LogP contribution in [0.2, 0.25) is 0 Å². The third kappa shape index (κ3) is 5.80. The number of pyridine rings is 1. The molecule has 0 unspecified atom stereocenters. The number of carbonyl (C=O) groups is 1. The van der Waals surface area contributed by atoms with Crippen LogP contribution in [-0.4, -0.2) is 60.0 Å². The zero-order valence-electron chi connectivity index (χ0n) is 17.5. The first-order valence-corrected chi connectivity index (χ1v) is 11.4. The van der Waals surface area contributed by atoms with Crippen LogP contribution in [0.5, 0.6) is 11.1 Å². The molecule has 1 saturated carbocycles. The van der Waals surface area contributed by atoms with Crippen LogP contribution in [0.3, 0.4) is 0 Å². The highest BCUT2D eigenvalue weighted by Gasteiger charge is 2.24. The van der Waals surface area contributed by atoms with Crippen molar-refractivity contribution < 1.29 is 23.7 Å². The third-order valence-corrected chi connectivity index (χ3v) is 6.23. The molecule has 1 saturated heterocycles. The number of aromatic nitrogens is 2. The molecule has 8 nitrogen and oxygen atoms in total. The Morgan fingerprint density at radius 1 is 1.23 bits per heavy atom. The Morgan fingerprint density at radius 3 is 2.77 bits per heavy atom. The van der Waals surface area contributed by atoms with Crippen molar-refractivity contribution in [3.63, 3.8) is 0 Å². The number of ether oxygens (including phenoxy) is 4. The van der Waals surface area contributed by atoms with Crippen molar-refractivity contribution in [3.05, 3.63) is 12.3 Å². The molecular formula is C21H29N3O5S. The number of hydrogen-bond donors (Lipinski definition) is 1. The largest absolute Gasteiger partial charge is 0.474 e. The van der Waals surface area contributed by atoms with Gasteiger partial charge in [-0.3, -0.25) is 4.79 Å². The standard InChI is InChI=1S/C21H29N3O5S/c1-13(23-14(2)25)11-27-15-3-5-16(6-4-15)28-20-9-19-18(10-22-20)24-21(30-19)29-17-7-8-26-12-17/h9-10,13,15-17H,3-8,11-12H2,1-2H3,(H,23,25)/t13-,15-,16-,17-/m0/s1. The Balaban J connectivity index is 1.25. The number of nitrogens with zero attached hydrogens (tertiary/aromatic N) is 2. The highest BCUT2D eigenvalue weighted by Crippen LogP contribution is 2.32. The Bertz CT molecular complexity index is 846. The van der Waals surface area contributed by atoms with Gasteiger partial charge in [0.05, 0.1) is 36.8 Å². The molecule has 1 aliphatic heterocycles. The van der Waals surface area contributed by atoms with E-state index in [0.717, 1.165) is 48.9 Å². The van der Waals surface area contributed by atoms with Crippen LogP contribution < -0.4 is 14.8 Å². The third-order valence-electron chi connectivity index (χ3n) is 5.33. The van der Waals surface area contributed by atoms with Crippen LogP contribution in [-0.2, 0) is 14.3 Å². The lowest BCUT2D eigenvalue weighted by molar-refractivity contribution is -0.120. The molecule has 2 fully saturated rings. The van der Waals surface area contributed by atoms with Crippen molar-refractivity contribution in [2.24, 2.45) is 0 Å². The molecule has 30 heavy (non-hydrogen) atoms. The summed E-state index contributed by atoms with van der Waals surface area (Å²) >= 11 is 1.52. The molecule has 0 bridgehead atoms. The Morgan fingerprint density at radius 2 is 2.03 bits per heavy atom.